The van der Waals surface area contributed by atoms with Gasteiger partial charge in [0.25, 0.3) is 5.88 Å². The number of hydrogen-bond acceptors (Lipinski definition) is 3. The lowest BCUT2D eigenvalue weighted by molar-refractivity contribution is 0.400. The maximum atomic E-state index is 5.20. The monoisotopic (exact) mass is 233 g/mol. The molecule has 0 N–H and O–H groups in total. The van der Waals surface area contributed by atoms with E-state index in [2.05, 4.69) is 21.3 Å². The third-order valence-electron chi connectivity index (χ3n) is 2.94. The fourth-order valence-corrected chi connectivity index (χ4v) is 1.98. The molecule has 3 rings (SSSR count). The molecule has 0 spiro atoms. The Morgan fingerprint density at radius 2 is 2.06 bits per heavy atom. The van der Waals surface area contributed by atoms with Crippen LogP contribution < -0.4 is 4.74 Å². The first-order valence-electron chi connectivity index (χ1n) is 6.19. The van der Waals surface area contributed by atoms with Crippen LogP contribution in [0.1, 0.15) is 44.0 Å². The van der Waals surface area contributed by atoms with Crippen molar-refractivity contribution in [2.75, 3.05) is 7.11 Å². The Bertz CT molecular complexity index is 515. The average molecular weight is 233 g/mol. The largest absolute Gasteiger partial charge is 0.478 e. The minimum atomic E-state index is 0.604. The second kappa shape index (κ2) is 4.73. The van der Waals surface area contributed by atoms with Crippen molar-refractivity contribution in [2.24, 2.45) is 0 Å². The summed E-state index contributed by atoms with van der Waals surface area (Å²) in [6.07, 6.45) is 6.21. The molecule has 1 fully saturated rings. The molecule has 92 valence electrons. The Morgan fingerprint density at radius 1 is 1.35 bits per heavy atom. The van der Waals surface area contributed by atoms with Crippen LogP contribution >= 0.6 is 0 Å². The quantitative estimate of drug-likeness (QED) is 0.800. The van der Waals surface area contributed by atoms with Crippen molar-refractivity contribution in [3.63, 3.8) is 0 Å². The first-order chi connectivity index (χ1) is 8.31. The molecule has 2 aromatic rings. The zero-order valence-corrected chi connectivity index (χ0v) is 10.9. The summed E-state index contributed by atoms with van der Waals surface area (Å²) in [5, 5.41) is 0. The van der Waals surface area contributed by atoms with Crippen LogP contribution in [0.5, 0.6) is 5.88 Å². The van der Waals surface area contributed by atoms with Crippen LogP contribution in [0.3, 0.4) is 0 Å². The number of aryl methyl sites for hydroxylation is 1. The predicted octanol–water partition coefficient (Wildman–Crippen LogP) is 2.95. The molecule has 1 aliphatic rings. The first-order valence-corrected chi connectivity index (χ1v) is 6.19. The molecule has 0 atom stereocenters. The van der Waals surface area contributed by atoms with E-state index in [4.69, 9.17) is 4.74 Å². The van der Waals surface area contributed by atoms with Gasteiger partial charge in [-0.15, -0.1) is 0 Å². The van der Waals surface area contributed by atoms with E-state index in [1.807, 2.05) is 20.0 Å². The normalized spacial score (nSPS) is 14.4. The van der Waals surface area contributed by atoms with Gasteiger partial charge < -0.3 is 4.74 Å². The summed E-state index contributed by atoms with van der Waals surface area (Å²) in [5.41, 5.74) is 3.26. The van der Waals surface area contributed by atoms with E-state index in [-0.39, 0.29) is 0 Å². The number of nitrogens with zero attached hydrogens (tertiary/aromatic N) is 3. The van der Waals surface area contributed by atoms with Gasteiger partial charge in [-0.3, -0.25) is 4.40 Å². The van der Waals surface area contributed by atoms with E-state index in [0.717, 1.165) is 5.65 Å². The maximum absolute atomic E-state index is 5.20. The molecule has 0 unspecified atom stereocenters. The molecular weight excluding hydrogens is 214 g/mol. The van der Waals surface area contributed by atoms with Gasteiger partial charge in [0.05, 0.1) is 12.8 Å². The Balaban J connectivity index is 0.000000514. The average Bonchev–Trinajstić information content (AvgIpc) is 3.17. The highest BCUT2D eigenvalue weighted by atomic mass is 16.5. The summed E-state index contributed by atoms with van der Waals surface area (Å²) in [6, 6.07) is 0. The van der Waals surface area contributed by atoms with Gasteiger partial charge in [-0.2, -0.15) is 0 Å². The molecule has 4 nitrogen and oxygen atoms in total. The van der Waals surface area contributed by atoms with E-state index < -0.39 is 0 Å². The van der Waals surface area contributed by atoms with Gasteiger partial charge in [0.15, 0.2) is 0 Å². The predicted molar refractivity (Wildman–Crippen MR) is 67.6 cm³/mol. The van der Waals surface area contributed by atoms with E-state index in [1.165, 1.54) is 24.2 Å². The van der Waals surface area contributed by atoms with Crippen LogP contribution in [0.15, 0.2) is 12.4 Å². The maximum Gasteiger partial charge on any atom is 0.258 e. The molecule has 0 bridgehead atoms. The highest BCUT2D eigenvalue weighted by Gasteiger charge is 2.29. The fraction of sp³-hybridized carbons (Fsp3) is 0.538. The summed E-state index contributed by atoms with van der Waals surface area (Å²) in [4.78, 5) is 8.77. The van der Waals surface area contributed by atoms with E-state index in [0.29, 0.717) is 11.8 Å². The minimum absolute atomic E-state index is 0.604. The van der Waals surface area contributed by atoms with Crippen molar-refractivity contribution in [1.29, 1.82) is 0 Å². The molecule has 0 saturated heterocycles. The lowest BCUT2D eigenvalue weighted by Gasteiger charge is -2.00. The molecule has 4 heteroatoms. The standard InChI is InChI=1S/C11H13N3O.C2H6/c1-7-9(8-3-4-8)13-10-11(15-2)12-5-6-14(7)10;1-2/h5-6,8H,3-4H2,1-2H3;1-2H3. The fourth-order valence-electron chi connectivity index (χ4n) is 1.98. The van der Waals surface area contributed by atoms with Crippen molar-refractivity contribution >= 4 is 5.65 Å². The number of hydrogen-bond donors (Lipinski definition) is 0. The van der Waals surface area contributed by atoms with Crippen molar-refractivity contribution in [3.8, 4) is 5.88 Å². The van der Waals surface area contributed by atoms with Crippen LogP contribution in [0.4, 0.5) is 0 Å². The zero-order valence-electron chi connectivity index (χ0n) is 10.9. The topological polar surface area (TPSA) is 39.4 Å². The third-order valence-corrected chi connectivity index (χ3v) is 2.94. The van der Waals surface area contributed by atoms with Gasteiger partial charge >= 0.3 is 0 Å². The molecule has 2 aromatic heterocycles. The van der Waals surface area contributed by atoms with Gasteiger partial charge in [0.2, 0.25) is 5.65 Å². The molecule has 0 radical (unpaired) electrons. The summed E-state index contributed by atoms with van der Waals surface area (Å²) >= 11 is 0. The third kappa shape index (κ3) is 1.99. The lowest BCUT2D eigenvalue weighted by atomic mass is 10.2. The van der Waals surface area contributed by atoms with Crippen LogP contribution in [0, 0.1) is 6.92 Å². The SMILES string of the molecule is CC.COc1nccn2c(C)c(C3CC3)nc12. The lowest BCUT2D eigenvalue weighted by Crippen LogP contribution is -1.94. The van der Waals surface area contributed by atoms with Crippen LogP contribution in [0.25, 0.3) is 5.65 Å². The second-order valence-corrected chi connectivity index (χ2v) is 3.99. The van der Waals surface area contributed by atoms with E-state index >= 15 is 0 Å². The van der Waals surface area contributed by atoms with E-state index in [1.54, 1.807) is 13.3 Å². The zero-order chi connectivity index (χ0) is 12.4. The summed E-state index contributed by atoms with van der Waals surface area (Å²) in [6.45, 7) is 6.10. The molecule has 0 aliphatic heterocycles. The van der Waals surface area contributed by atoms with Crippen LogP contribution in [-0.2, 0) is 0 Å². The van der Waals surface area contributed by atoms with Gasteiger partial charge in [-0.25, -0.2) is 9.97 Å². The van der Waals surface area contributed by atoms with Gasteiger partial charge in [-0.1, -0.05) is 13.8 Å². The molecule has 2 heterocycles. The Labute approximate surface area is 102 Å². The van der Waals surface area contributed by atoms with Gasteiger partial charge in [0.1, 0.15) is 0 Å². The van der Waals surface area contributed by atoms with Crippen molar-refractivity contribution < 1.29 is 4.74 Å². The molecule has 1 aliphatic carbocycles. The highest BCUT2D eigenvalue weighted by molar-refractivity contribution is 5.52. The summed E-state index contributed by atoms with van der Waals surface area (Å²) in [7, 11) is 1.63. The Morgan fingerprint density at radius 3 is 2.65 bits per heavy atom. The first kappa shape index (κ1) is 11.9. The Kier molecular flexibility index (Phi) is 3.31. The van der Waals surface area contributed by atoms with Crippen molar-refractivity contribution in [2.45, 2.75) is 39.5 Å². The van der Waals surface area contributed by atoms with Crippen molar-refractivity contribution in [1.82, 2.24) is 14.4 Å². The summed E-state index contributed by atoms with van der Waals surface area (Å²) in [5.74, 6) is 1.27. The number of fused-ring (bicyclic) bond motifs is 1. The van der Waals surface area contributed by atoms with Crippen molar-refractivity contribution in [3.05, 3.63) is 23.8 Å². The van der Waals surface area contributed by atoms with Gasteiger partial charge in [-0.05, 0) is 19.8 Å². The molecule has 17 heavy (non-hydrogen) atoms. The van der Waals surface area contributed by atoms with Crippen LogP contribution in [-0.4, -0.2) is 21.5 Å². The highest BCUT2D eigenvalue weighted by Crippen LogP contribution is 2.41. The number of imidazole rings is 1. The molecule has 0 aromatic carbocycles. The number of aromatic nitrogens is 3. The van der Waals surface area contributed by atoms with Crippen LogP contribution in [0.2, 0.25) is 0 Å². The number of rotatable bonds is 2. The van der Waals surface area contributed by atoms with Gasteiger partial charge in [0, 0.05) is 24.0 Å². The number of ether oxygens (including phenoxy) is 1. The smallest absolute Gasteiger partial charge is 0.258 e. The molecule has 1 saturated carbocycles. The second-order valence-electron chi connectivity index (χ2n) is 3.99. The minimum Gasteiger partial charge on any atom is -0.478 e. The molecular formula is C13H19N3O. The number of methoxy groups -OCH3 is 1. The summed E-state index contributed by atoms with van der Waals surface area (Å²) < 4.78 is 7.26. The van der Waals surface area contributed by atoms with E-state index in [9.17, 15) is 0 Å². The Hall–Kier alpha value is -1.58. The molecule has 0 amide bonds.